The van der Waals surface area contributed by atoms with E-state index in [1.54, 1.807) is 6.92 Å². The maximum atomic E-state index is 10.4. The van der Waals surface area contributed by atoms with Gasteiger partial charge < -0.3 is 5.11 Å². The number of hydrogen-bond acceptors (Lipinski definition) is 2. The van der Waals surface area contributed by atoms with E-state index in [0.29, 0.717) is 19.3 Å². The molecule has 0 aliphatic carbocycles. The summed E-state index contributed by atoms with van der Waals surface area (Å²) < 4.78 is 0. The van der Waals surface area contributed by atoms with Crippen LogP contribution in [0.5, 0.6) is 0 Å². The van der Waals surface area contributed by atoms with Crippen LogP contribution in [0, 0.1) is 11.8 Å². The Bertz CT molecular complexity index is 150. The van der Waals surface area contributed by atoms with Crippen molar-refractivity contribution in [3.63, 3.8) is 0 Å². The number of carbonyl (C=O) groups is 1. The van der Waals surface area contributed by atoms with Gasteiger partial charge in [0, 0.05) is 19.3 Å². The molecule has 56 valence electrons. The maximum Gasteiger partial charge on any atom is 0.130 e. The molecule has 0 unspecified atom stereocenters. The monoisotopic (exact) mass is 140 g/mol. The molecule has 0 bridgehead atoms. The van der Waals surface area contributed by atoms with Gasteiger partial charge in [0.25, 0.3) is 0 Å². The molecule has 0 heterocycles. The van der Waals surface area contributed by atoms with Crippen LogP contribution in [-0.4, -0.2) is 17.5 Å². The minimum absolute atomic E-state index is 0.104. The highest BCUT2D eigenvalue weighted by atomic mass is 16.2. The lowest BCUT2D eigenvalue weighted by Crippen LogP contribution is -1.86. The Labute approximate surface area is 61.2 Å². The molecule has 0 saturated heterocycles. The molecule has 0 atom stereocenters. The molecule has 1 N–H and O–H groups in total. The summed E-state index contributed by atoms with van der Waals surface area (Å²) in [4.78, 5) is 10.4. The first-order valence-corrected chi connectivity index (χ1v) is 3.33. The van der Waals surface area contributed by atoms with Crippen LogP contribution < -0.4 is 0 Å². The van der Waals surface area contributed by atoms with Crippen molar-refractivity contribution in [2.75, 3.05) is 6.61 Å². The third kappa shape index (κ3) is 7.19. The van der Waals surface area contributed by atoms with Crippen LogP contribution >= 0.6 is 0 Å². The van der Waals surface area contributed by atoms with E-state index < -0.39 is 0 Å². The molecule has 0 saturated carbocycles. The van der Waals surface area contributed by atoms with Crippen molar-refractivity contribution in [2.45, 2.75) is 26.2 Å². The van der Waals surface area contributed by atoms with Crippen LogP contribution in [0.25, 0.3) is 0 Å². The summed E-state index contributed by atoms with van der Waals surface area (Å²) in [5.74, 6) is 5.69. The maximum absolute atomic E-state index is 10.4. The van der Waals surface area contributed by atoms with Crippen molar-refractivity contribution in [3.8, 4) is 11.8 Å². The SMILES string of the molecule is CC(=O)CCC#CCCO. The van der Waals surface area contributed by atoms with Gasteiger partial charge >= 0.3 is 0 Å². The summed E-state index contributed by atoms with van der Waals surface area (Å²) in [6.45, 7) is 1.65. The van der Waals surface area contributed by atoms with E-state index in [1.165, 1.54) is 0 Å². The molecule has 0 aliphatic rings. The van der Waals surface area contributed by atoms with Gasteiger partial charge in [-0.3, -0.25) is 4.79 Å². The number of aliphatic hydroxyl groups is 1. The predicted molar refractivity (Wildman–Crippen MR) is 39.4 cm³/mol. The van der Waals surface area contributed by atoms with E-state index in [1.807, 2.05) is 0 Å². The van der Waals surface area contributed by atoms with Gasteiger partial charge in [0.2, 0.25) is 0 Å². The van der Waals surface area contributed by atoms with Gasteiger partial charge in [-0.1, -0.05) is 0 Å². The van der Waals surface area contributed by atoms with Crippen LogP contribution in [0.4, 0.5) is 0 Å². The first-order valence-electron chi connectivity index (χ1n) is 3.33. The molecule has 0 aliphatic heterocycles. The van der Waals surface area contributed by atoms with Crippen molar-refractivity contribution in [3.05, 3.63) is 0 Å². The van der Waals surface area contributed by atoms with E-state index in [0.717, 1.165) is 0 Å². The predicted octanol–water partition coefficient (Wildman–Crippen LogP) is 0.741. The molecule has 0 rings (SSSR count). The second kappa shape index (κ2) is 6.31. The molecule has 0 aromatic heterocycles. The van der Waals surface area contributed by atoms with Crippen molar-refractivity contribution in [1.82, 2.24) is 0 Å². The summed E-state index contributed by atoms with van der Waals surface area (Å²) in [5.41, 5.74) is 0. The van der Waals surface area contributed by atoms with Crippen molar-refractivity contribution in [2.24, 2.45) is 0 Å². The highest BCUT2D eigenvalue weighted by Gasteiger charge is 1.87. The summed E-state index contributed by atoms with van der Waals surface area (Å²) >= 11 is 0. The van der Waals surface area contributed by atoms with Crippen molar-refractivity contribution in [1.29, 1.82) is 0 Å². The molecule has 0 amide bonds. The van der Waals surface area contributed by atoms with E-state index in [-0.39, 0.29) is 12.4 Å². The zero-order valence-corrected chi connectivity index (χ0v) is 6.18. The fraction of sp³-hybridized carbons (Fsp3) is 0.625. The average Bonchev–Trinajstić information content (AvgIpc) is 1.87. The van der Waals surface area contributed by atoms with Gasteiger partial charge in [-0.25, -0.2) is 0 Å². The molecule has 2 nitrogen and oxygen atoms in total. The lowest BCUT2D eigenvalue weighted by Gasteiger charge is -1.83. The number of aliphatic hydroxyl groups excluding tert-OH is 1. The minimum Gasteiger partial charge on any atom is -0.395 e. The second-order valence-electron chi connectivity index (χ2n) is 2.03. The van der Waals surface area contributed by atoms with E-state index in [2.05, 4.69) is 11.8 Å². The zero-order chi connectivity index (χ0) is 7.82. The number of Topliss-reactive ketones (excluding diaryl/α,β-unsaturated/α-hetero) is 1. The summed E-state index contributed by atoms with van der Waals surface area (Å²) in [7, 11) is 0. The Kier molecular flexibility index (Phi) is 5.80. The molecular weight excluding hydrogens is 128 g/mol. The Morgan fingerprint density at radius 3 is 2.50 bits per heavy atom. The third-order valence-electron chi connectivity index (χ3n) is 0.964. The van der Waals surface area contributed by atoms with Crippen LogP contribution in [0.2, 0.25) is 0 Å². The van der Waals surface area contributed by atoms with Crippen LogP contribution in [0.3, 0.4) is 0 Å². The van der Waals surface area contributed by atoms with E-state index >= 15 is 0 Å². The zero-order valence-electron chi connectivity index (χ0n) is 6.18. The van der Waals surface area contributed by atoms with Gasteiger partial charge in [-0.05, 0) is 6.92 Å². The smallest absolute Gasteiger partial charge is 0.130 e. The summed E-state index contributed by atoms with van der Waals surface area (Å²) in [5, 5.41) is 8.31. The van der Waals surface area contributed by atoms with Gasteiger partial charge in [-0.2, -0.15) is 0 Å². The van der Waals surface area contributed by atoms with E-state index in [4.69, 9.17) is 5.11 Å². The van der Waals surface area contributed by atoms with Gasteiger partial charge in [0.05, 0.1) is 6.61 Å². The highest BCUT2D eigenvalue weighted by Crippen LogP contribution is 1.86. The Morgan fingerprint density at radius 1 is 1.40 bits per heavy atom. The highest BCUT2D eigenvalue weighted by molar-refractivity contribution is 5.75. The molecule has 0 aromatic carbocycles. The first-order chi connectivity index (χ1) is 4.77. The molecule has 0 radical (unpaired) electrons. The minimum atomic E-state index is 0.104. The van der Waals surface area contributed by atoms with Gasteiger partial charge in [0.1, 0.15) is 5.78 Å². The summed E-state index contributed by atoms with van der Waals surface area (Å²) in [6, 6.07) is 0. The molecule has 10 heavy (non-hydrogen) atoms. The Morgan fingerprint density at radius 2 is 2.00 bits per heavy atom. The molecular formula is C8H12O2. The Hall–Kier alpha value is -0.810. The van der Waals surface area contributed by atoms with Gasteiger partial charge in [0.15, 0.2) is 0 Å². The van der Waals surface area contributed by atoms with Gasteiger partial charge in [-0.15, -0.1) is 11.8 Å². The fourth-order valence-electron chi connectivity index (χ4n) is 0.471. The van der Waals surface area contributed by atoms with Crippen molar-refractivity contribution < 1.29 is 9.90 Å². The second-order valence-corrected chi connectivity index (χ2v) is 2.03. The third-order valence-corrected chi connectivity index (χ3v) is 0.964. The number of carbonyl (C=O) groups excluding carboxylic acids is 1. The standard InChI is InChI=1S/C8H12O2/c1-8(10)6-4-2-3-5-7-9/h9H,4-7H2,1H3. The van der Waals surface area contributed by atoms with E-state index in [9.17, 15) is 4.79 Å². The summed E-state index contributed by atoms with van der Waals surface area (Å²) in [6.07, 6.45) is 1.66. The van der Waals surface area contributed by atoms with Crippen LogP contribution in [-0.2, 0) is 4.79 Å². The molecule has 0 aromatic rings. The van der Waals surface area contributed by atoms with Crippen LogP contribution in [0.1, 0.15) is 26.2 Å². The average molecular weight is 140 g/mol. The topological polar surface area (TPSA) is 37.3 Å². The quantitative estimate of drug-likeness (QED) is 0.587. The first kappa shape index (κ1) is 9.19. The Balaban J connectivity index is 3.20. The normalized spacial score (nSPS) is 8.20. The number of ketones is 1. The molecule has 2 heteroatoms. The lowest BCUT2D eigenvalue weighted by molar-refractivity contribution is -0.116. The van der Waals surface area contributed by atoms with Crippen LogP contribution in [0.15, 0.2) is 0 Å². The number of hydrogen-bond donors (Lipinski definition) is 1. The fourth-order valence-corrected chi connectivity index (χ4v) is 0.471. The van der Waals surface area contributed by atoms with Crippen molar-refractivity contribution >= 4 is 5.78 Å². The lowest BCUT2D eigenvalue weighted by atomic mass is 10.2. The largest absolute Gasteiger partial charge is 0.395 e. The molecule has 0 fully saturated rings. The molecule has 0 spiro atoms. The number of rotatable bonds is 3.